The summed E-state index contributed by atoms with van der Waals surface area (Å²) in [5.74, 6) is 2.61. The molecule has 2 unspecified atom stereocenters. The van der Waals surface area contributed by atoms with Crippen molar-refractivity contribution in [2.45, 2.75) is 12.6 Å². The van der Waals surface area contributed by atoms with Crippen LogP contribution in [0, 0.1) is 11.8 Å². The smallest absolute Gasteiger partial charge is 0.117 e. The fraction of sp³-hybridized carbons (Fsp3) is 0.600. The van der Waals surface area contributed by atoms with E-state index in [2.05, 4.69) is 4.90 Å². The number of furan rings is 1. The topological polar surface area (TPSA) is 42.4 Å². The third-order valence-corrected chi connectivity index (χ3v) is 3.30. The van der Waals surface area contributed by atoms with Crippen molar-refractivity contribution in [2.75, 3.05) is 13.1 Å². The summed E-state index contributed by atoms with van der Waals surface area (Å²) < 4.78 is 5.30. The van der Waals surface area contributed by atoms with Crippen LogP contribution in [0.3, 0.4) is 0 Å². The van der Waals surface area contributed by atoms with E-state index in [0.717, 1.165) is 37.2 Å². The fourth-order valence-corrected chi connectivity index (χ4v) is 2.41. The van der Waals surface area contributed by atoms with Gasteiger partial charge in [-0.25, -0.2) is 0 Å². The van der Waals surface area contributed by atoms with Crippen molar-refractivity contribution in [1.82, 2.24) is 4.90 Å². The van der Waals surface area contributed by atoms with E-state index in [-0.39, 0.29) is 0 Å². The van der Waals surface area contributed by atoms with Crippen LogP contribution < -0.4 is 5.73 Å². The number of hydrogen-bond donors (Lipinski definition) is 1. The van der Waals surface area contributed by atoms with Gasteiger partial charge in [0.25, 0.3) is 0 Å². The van der Waals surface area contributed by atoms with Gasteiger partial charge in [0.1, 0.15) is 5.76 Å². The average Bonchev–Trinajstić information content (AvgIpc) is 2.66. The van der Waals surface area contributed by atoms with Gasteiger partial charge in [0.15, 0.2) is 0 Å². The minimum Gasteiger partial charge on any atom is -0.468 e. The largest absolute Gasteiger partial charge is 0.468 e. The van der Waals surface area contributed by atoms with Crippen LogP contribution in [0.25, 0.3) is 0 Å². The molecule has 2 fully saturated rings. The molecule has 0 bridgehead atoms. The Hall–Kier alpha value is -0.800. The normalized spacial score (nSPS) is 37.8. The van der Waals surface area contributed by atoms with Gasteiger partial charge in [-0.2, -0.15) is 0 Å². The van der Waals surface area contributed by atoms with Gasteiger partial charge >= 0.3 is 0 Å². The Morgan fingerprint density at radius 1 is 1.46 bits per heavy atom. The molecule has 0 amide bonds. The van der Waals surface area contributed by atoms with E-state index in [0.29, 0.717) is 6.04 Å². The molecule has 2 N–H and O–H groups in total. The molecule has 2 heterocycles. The van der Waals surface area contributed by atoms with Gasteiger partial charge in [0, 0.05) is 19.1 Å². The number of piperidine rings is 1. The minimum absolute atomic E-state index is 0.493. The van der Waals surface area contributed by atoms with Crippen molar-refractivity contribution in [3.63, 3.8) is 0 Å². The quantitative estimate of drug-likeness (QED) is 0.723. The summed E-state index contributed by atoms with van der Waals surface area (Å²) in [5, 5.41) is 0. The maximum atomic E-state index is 5.86. The highest BCUT2D eigenvalue weighted by atomic mass is 16.3. The van der Waals surface area contributed by atoms with Crippen LogP contribution in [0.4, 0.5) is 0 Å². The molecule has 3 nitrogen and oxygen atoms in total. The van der Waals surface area contributed by atoms with Crippen LogP contribution in [0.5, 0.6) is 0 Å². The number of likely N-dealkylation sites (tertiary alicyclic amines) is 1. The van der Waals surface area contributed by atoms with Crippen molar-refractivity contribution in [3.8, 4) is 0 Å². The van der Waals surface area contributed by atoms with E-state index in [1.807, 2.05) is 12.1 Å². The van der Waals surface area contributed by atoms with Gasteiger partial charge in [-0.1, -0.05) is 0 Å². The van der Waals surface area contributed by atoms with Crippen LogP contribution in [0.2, 0.25) is 0 Å². The molecule has 1 aliphatic heterocycles. The molecule has 1 saturated carbocycles. The number of hydrogen-bond acceptors (Lipinski definition) is 3. The maximum Gasteiger partial charge on any atom is 0.117 e. The molecule has 1 aliphatic carbocycles. The van der Waals surface area contributed by atoms with Gasteiger partial charge < -0.3 is 10.2 Å². The average molecular weight is 178 g/mol. The summed E-state index contributed by atoms with van der Waals surface area (Å²) in [5.41, 5.74) is 5.86. The van der Waals surface area contributed by atoms with E-state index < -0.39 is 0 Å². The van der Waals surface area contributed by atoms with Crippen molar-refractivity contribution in [3.05, 3.63) is 24.2 Å². The molecule has 0 spiro atoms. The van der Waals surface area contributed by atoms with Gasteiger partial charge in [-0.15, -0.1) is 0 Å². The number of fused-ring (bicyclic) bond motifs is 1. The molecular weight excluding hydrogens is 164 g/mol. The monoisotopic (exact) mass is 178 g/mol. The third kappa shape index (κ3) is 1.19. The molecule has 3 heteroatoms. The maximum absolute atomic E-state index is 5.86. The first-order valence-corrected chi connectivity index (χ1v) is 4.85. The molecular formula is C10H14N2O. The van der Waals surface area contributed by atoms with E-state index >= 15 is 0 Å². The summed E-state index contributed by atoms with van der Waals surface area (Å²) in [7, 11) is 0. The van der Waals surface area contributed by atoms with Gasteiger partial charge in [0.2, 0.25) is 0 Å². The molecule has 0 aromatic carbocycles. The first-order valence-electron chi connectivity index (χ1n) is 4.85. The number of nitrogens with zero attached hydrogens (tertiary/aromatic N) is 1. The summed E-state index contributed by atoms with van der Waals surface area (Å²) in [6, 6.07) is 4.47. The standard InChI is InChI=1S/C10H14N2O/c11-10-8-5-12(6-9(8)10)4-7-2-1-3-13-7/h1-3,8-10H,4-6,11H2. The number of nitrogens with two attached hydrogens (primary N) is 1. The van der Waals surface area contributed by atoms with Crippen LogP contribution in [0.15, 0.2) is 22.8 Å². The third-order valence-electron chi connectivity index (χ3n) is 3.30. The zero-order valence-electron chi connectivity index (χ0n) is 7.52. The minimum atomic E-state index is 0.493. The Kier molecular flexibility index (Phi) is 1.51. The van der Waals surface area contributed by atoms with Gasteiger partial charge in [0.05, 0.1) is 12.8 Å². The predicted molar refractivity (Wildman–Crippen MR) is 48.9 cm³/mol. The van der Waals surface area contributed by atoms with Crippen LogP contribution in [0.1, 0.15) is 5.76 Å². The molecule has 13 heavy (non-hydrogen) atoms. The highest BCUT2D eigenvalue weighted by Crippen LogP contribution is 2.44. The van der Waals surface area contributed by atoms with Gasteiger partial charge in [-0.3, -0.25) is 4.90 Å². The molecule has 1 saturated heterocycles. The van der Waals surface area contributed by atoms with E-state index in [1.54, 1.807) is 6.26 Å². The van der Waals surface area contributed by atoms with Crippen LogP contribution in [-0.4, -0.2) is 24.0 Å². The van der Waals surface area contributed by atoms with Crippen LogP contribution in [-0.2, 0) is 6.54 Å². The highest BCUT2D eigenvalue weighted by molar-refractivity contribution is 5.09. The lowest BCUT2D eigenvalue weighted by molar-refractivity contribution is 0.265. The van der Waals surface area contributed by atoms with Crippen molar-refractivity contribution < 1.29 is 4.42 Å². The number of rotatable bonds is 2. The molecule has 3 rings (SSSR count). The summed E-state index contributed by atoms with van der Waals surface area (Å²) in [4.78, 5) is 2.43. The second kappa shape index (κ2) is 2.59. The van der Waals surface area contributed by atoms with E-state index in [9.17, 15) is 0 Å². The summed E-state index contributed by atoms with van der Waals surface area (Å²) >= 11 is 0. The van der Waals surface area contributed by atoms with E-state index in [4.69, 9.17) is 10.2 Å². The zero-order chi connectivity index (χ0) is 8.84. The molecule has 2 aliphatic rings. The summed E-state index contributed by atoms with van der Waals surface area (Å²) in [6.07, 6.45) is 1.73. The molecule has 0 radical (unpaired) electrons. The van der Waals surface area contributed by atoms with Gasteiger partial charge in [-0.05, 0) is 24.0 Å². The lowest BCUT2D eigenvalue weighted by Gasteiger charge is -2.16. The highest BCUT2D eigenvalue weighted by Gasteiger charge is 2.53. The SMILES string of the molecule is NC1C2CN(Cc3ccco3)CC12. The lowest BCUT2D eigenvalue weighted by Crippen LogP contribution is -2.27. The Balaban J connectivity index is 1.59. The lowest BCUT2D eigenvalue weighted by atomic mass is 10.3. The molecule has 1 aromatic heterocycles. The van der Waals surface area contributed by atoms with Crippen molar-refractivity contribution in [1.29, 1.82) is 0 Å². The summed E-state index contributed by atoms with van der Waals surface area (Å²) in [6.45, 7) is 3.27. The molecule has 70 valence electrons. The predicted octanol–water partition coefficient (Wildman–Crippen LogP) is 0.668. The zero-order valence-corrected chi connectivity index (χ0v) is 7.52. The van der Waals surface area contributed by atoms with Crippen molar-refractivity contribution >= 4 is 0 Å². The van der Waals surface area contributed by atoms with E-state index in [1.165, 1.54) is 0 Å². The second-order valence-corrected chi connectivity index (χ2v) is 4.18. The Morgan fingerprint density at radius 2 is 2.23 bits per heavy atom. The Morgan fingerprint density at radius 3 is 2.85 bits per heavy atom. The molecule has 2 atom stereocenters. The first-order chi connectivity index (χ1) is 6.34. The Labute approximate surface area is 77.5 Å². The van der Waals surface area contributed by atoms with Crippen molar-refractivity contribution in [2.24, 2.45) is 17.6 Å². The first kappa shape index (κ1) is 7.59. The second-order valence-electron chi connectivity index (χ2n) is 4.18. The fourth-order valence-electron chi connectivity index (χ4n) is 2.41. The Bertz CT molecular complexity index is 284. The van der Waals surface area contributed by atoms with Crippen LogP contribution >= 0.6 is 0 Å². The molecule has 1 aromatic rings.